The largest absolute Gasteiger partial charge is 0.303 e. The van der Waals surface area contributed by atoms with Gasteiger partial charge in [0.05, 0.1) is 0 Å². The monoisotopic (exact) mass is 203 g/mol. The highest BCUT2D eigenvalue weighted by Crippen LogP contribution is 2.27. The summed E-state index contributed by atoms with van der Waals surface area (Å²) in [6.07, 6.45) is 6.78. The van der Waals surface area contributed by atoms with Gasteiger partial charge in [-0.1, -0.05) is 19.8 Å². The molecule has 0 heterocycles. The summed E-state index contributed by atoms with van der Waals surface area (Å²) in [6.45, 7) is 3.56. The molecule has 0 radical (unpaired) electrons. The Bertz CT molecular complexity index is 138. The van der Waals surface area contributed by atoms with E-state index >= 15 is 0 Å². The fourth-order valence-corrected chi connectivity index (χ4v) is 2.55. The molecule has 2 unspecified atom stereocenters. The van der Waals surface area contributed by atoms with Crippen LogP contribution in [-0.4, -0.2) is 30.4 Å². The summed E-state index contributed by atoms with van der Waals surface area (Å²) < 4.78 is 0. The molecule has 13 heavy (non-hydrogen) atoms. The summed E-state index contributed by atoms with van der Waals surface area (Å²) in [5, 5.41) is 0. The molecule has 0 amide bonds. The Labute approximate surface area is 87.4 Å². The van der Waals surface area contributed by atoms with E-state index in [1.807, 2.05) is 0 Å². The molecular formula is C11H22ClN. The Morgan fingerprint density at radius 2 is 2.00 bits per heavy atom. The predicted molar refractivity (Wildman–Crippen MR) is 59.4 cm³/mol. The third-order valence-electron chi connectivity index (χ3n) is 3.28. The topological polar surface area (TPSA) is 3.24 Å². The van der Waals surface area contributed by atoms with Crippen molar-refractivity contribution in [3.05, 3.63) is 0 Å². The van der Waals surface area contributed by atoms with Crippen LogP contribution in [0.25, 0.3) is 0 Å². The first-order valence-corrected chi connectivity index (χ1v) is 6.05. The van der Waals surface area contributed by atoms with Crippen molar-refractivity contribution in [1.29, 1.82) is 0 Å². The molecule has 0 N–H and O–H groups in total. The van der Waals surface area contributed by atoms with Crippen LogP contribution < -0.4 is 0 Å². The second-order valence-corrected chi connectivity index (χ2v) is 4.73. The molecule has 0 aromatic heterocycles. The molecule has 0 spiro atoms. The van der Waals surface area contributed by atoms with E-state index in [-0.39, 0.29) is 0 Å². The minimum Gasteiger partial charge on any atom is -0.303 e. The summed E-state index contributed by atoms with van der Waals surface area (Å²) in [5.74, 6) is 1.68. The van der Waals surface area contributed by atoms with Gasteiger partial charge in [-0.2, -0.15) is 0 Å². The molecule has 0 aromatic rings. The molecule has 1 aliphatic carbocycles. The third kappa shape index (κ3) is 3.47. The molecule has 1 rings (SSSR count). The van der Waals surface area contributed by atoms with Crippen molar-refractivity contribution in [2.24, 2.45) is 5.92 Å². The normalized spacial score (nSPS) is 29.5. The zero-order valence-electron chi connectivity index (χ0n) is 8.93. The fourth-order valence-electron chi connectivity index (χ4n) is 2.43. The molecule has 2 atom stereocenters. The van der Waals surface area contributed by atoms with Gasteiger partial charge in [-0.3, -0.25) is 0 Å². The predicted octanol–water partition coefficient (Wildman–Crippen LogP) is 3.13. The first-order valence-electron chi connectivity index (χ1n) is 5.52. The van der Waals surface area contributed by atoms with E-state index in [1.54, 1.807) is 0 Å². The van der Waals surface area contributed by atoms with Crippen molar-refractivity contribution in [3.63, 3.8) is 0 Å². The lowest BCUT2D eigenvalue weighted by Gasteiger charge is -2.36. The van der Waals surface area contributed by atoms with Crippen LogP contribution in [0.1, 0.15) is 39.0 Å². The summed E-state index contributed by atoms with van der Waals surface area (Å²) in [7, 11) is 2.25. The zero-order valence-corrected chi connectivity index (χ0v) is 9.69. The summed E-state index contributed by atoms with van der Waals surface area (Å²) >= 11 is 5.69. The first-order chi connectivity index (χ1) is 6.25. The molecule has 78 valence electrons. The second-order valence-electron chi connectivity index (χ2n) is 4.35. The SMILES string of the molecule is CC1CCCCC1N(C)CCCCl. The highest BCUT2D eigenvalue weighted by molar-refractivity contribution is 6.17. The van der Waals surface area contributed by atoms with Crippen LogP contribution in [0.2, 0.25) is 0 Å². The van der Waals surface area contributed by atoms with E-state index in [1.165, 1.54) is 32.2 Å². The molecule has 1 fully saturated rings. The number of halogens is 1. The van der Waals surface area contributed by atoms with Gasteiger partial charge in [-0.25, -0.2) is 0 Å². The van der Waals surface area contributed by atoms with E-state index in [2.05, 4.69) is 18.9 Å². The van der Waals surface area contributed by atoms with Crippen molar-refractivity contribution < 1.29 is 0 Å². The van der Waals surface area contributed by atoms with Gasteiger partial charge in [0.1, 0.15) is 0 Å². The smallest absolute Gasteiger partial charge is 0.0235 e. The first kappa shape index (κ1) is 11.3. The average molecular weight is 204 g/mol. The van der Waals surface area contributed by atoms with E-state index < -0.39 is 0 Å². The van der Waals surface area contributed by atoms with Crippen molar-refractivity contribution in [2.75, 3.05) is 19.5 Å². The van der Waals surface area contributed by atoms with Crippen LogP contribution >= 0.6 is 11.6 Å². The van der Waals surface area contributed by atoms with Gasteiger partial charge < -0.3 is 4.90 Å². The zero-order chi connectivity index (χ0) is 9.68. The van der Waals surface area contributed by atoms with Crippen LogP contribution in [-0.2, 0) is 0 Å². The number of nitrogens with zero attached hydrogens (tertiary/aromatic N) is 1. The standard InChI is InChI=1S/C11H22ClN/c1-10-6-3-4-7-11(10)13(2)9-5-8-12/h10-11H,3-9H2,1-2H3. The molecule has 0 bridgehead atoms. The van der Waals surface area contributed by atoms with Gasteiger partial charge in [0, 0.05) is 11.9 Å². The van der Waals surface area contributed by atoms with Crippen LogP contribution in [0.15, 0.2) is 0 Å². The van der Waals surface area contributed by atoms with Gasteiger partial charge in [0.15, 0.2) is 0 Å². The molecule has 1 saturated carbocycles. The van der Waals surface area contributed by atoms with Crippen molar-refractivity contribution in [3.8, 4) is 0 Å². The Hall–Kier alpha value is 0.250. The lowest BCUT2D eigenvalue weighted by atomic mass is 9.85. The molecule has 0 saturated heterocycles. The van der Waals surface area contributed by atoms with Gasteiger partial charge in [-0.05, 0) is 38.8 Å². The number of rotatable bonds is 4. The summed E-state index contributed by atoms with van der Waals surface area (Å²) in [6, 6.07) is 0.817. The van der Waals surface area contributed by atoms with Crippen LogP contribution in [0.3, 0.4) is 0 Å². The Morgan fingerprint density at radius 3 is 2.62 bits per heavy atom. The number of hydrogen-bond donors (Lipinski definition) is 0. The van der Waals surface area contributed by atoms with Gasteiger partial charge in [0.25, 0.3) is 0 Å². The Balaban J connectivity index is 2.30. The molecule has 2 heteroatoms. The molecular weight excluding hydrogens is 182 g/mol. The van der Waals surface area contributed by atoms with Crippen LogP contribution in [0.4, 0.5) is 0 Å². The minimum atomic E-state index is 0.797. The van der Waals surface area contributed by atoms with Crippen molar-refractivity contribution in [2.45, 2.75) is 45.1 Å². The summed E-state index contributed by atoms with van der Waals surface area (Å²) in [4.78, 5) is 2.51. The lowest BCUT2D eigenvalue weighted by molar-refractivity contribution is 0.140. The Kier molecular flexibility index (Phi) is 5.12. The van der Waals surface area contributed by atoms with Gasteiger partial charge >= 0.3 is 0 Å². The molecule has 0 aromatic carbocycles. The van der Waals surface area contributed by atoms with E-state index in [9.17, 15) is 0 Å². The van der Waals surface area contributed by atoms with Gasteiger partial charge in [0.2, 0.25) is 0 Å². The third-order valence-corrected chi connectivity index (χ3v) is 3.54. The maximum atomic E-state index is 5.69. The number of alkyl halides is 1. The quantitative estimate of drug-likeness (QED) is 0.635. The van der Waals surface area contributed by atoms with Crippen LogP contribution in [0, 0.1) is 5.92 Å². The van der Waals surface area contributed by atoms with E-state index in [4.69, 9.17) is 11.6 Å². The summed E-state index contributed by atoms with van der Waals surface area (Å²) in [5.41, 5.74) is 0. The Morgan fingerprint density at radius 1 is 1.31 bits per heavy atom. The van der Waals surface area contributed by atoms with Crippen LogP contribution in [0.5, 0.6) is 0 Å². The highest BCUT2D eigenvalue weighted by atomic mass is 35.5. The molecule has 1 aliphatic rings. The van der Waals surface area contributed by atoms with Crippen molar-refractivity contribution >= 4 is 11.6 Å². The fraction of sp³-hybridized carbons (Fsp3) is 1.00. The van der Waals surface area contributed by atoms with E-state index in [0.29, 0.717) is 0 Å². The average Bonchev–Trinajstić information content (AvgIpc) is 2.15. The second kappa shape index (κ2) is 5.87. The lowest BCUT2D eigenvalue weighted by Crippen LogP contribution is -2.39. The highest BCUT2D eigenvalue weighted by Gasteiger charge is 2.24. The number of hydrogen-bond acceptors (Lipinski definition) is 1. The molecule has 0 aliphatic heterocycles. The van der Waals surface area contributed by atoms with Gasteiger partial charge in [-0.15, -0.1) is 11.6 Å². The van der Waals surface area contributed by atoms with E-state index in [0.717, 1.165) is 24.3 Å². The molecule has 1 nitrogen and oxygen atoms in total. The maximum absolute atomic E-state index is 5.69. The maximum Gasteiger partial charge on any atom is 0.0235 e. The van der Waals surface area contributed by atoms with Crippen molar-refractivity contribution in [1.82, 2.24) is 4.90 Å². The minimum absolute atomic E-state index is 0.797.